The Kier molecular flexibility index (Phi) is 5.49. The molecule has 0 spiro atoms. The average molecular weight is 285 g/mol. The van der Waals surface area contributed by atoms with Gasteiger partial charge in [0.25, 0.3) is 0 Å². The van der Waals surface area contributed by atoms with Gasteiger partial charge in [0.1, 0.15) is 0 Å². The maximum atomic E-state index is 11.5. The van der Waals surface area contributed by atoms with Crippen LogP contribution in [0.5, 0.6) is 0 Å². The number of halogens is 1. The normalized spacial score (nSPS) is 12.2. The number of benzene rings is 1. The second-order valence-corrected chi connectivity index (χ2v) is 4.65. The van der Waals surface area contributed by atoms with Crippen LogP contribution in [0.15, 0.2) is 28.7 Å². The monoisotopic (exact) mass is 284 g/mol. The number of nitrogens with two attached hydrogens (primary N) is 1. The third-order valence-electron chi connectivity index (χ3n) is 2.33. The van der Waals surface area contributed by atoms with E-state index in [0.29, 0.717) is 13.0 Å². The molecule has 3 nitrogen and oxygen atoms in total. The standard InChI is InChI=1S/C12H17BrN2O/c1-9(15-12(16)6-3-7-14)10-4-2-5-11(13)8-10/h2,4-5,8-9H,3,6-7,14H2,1H3,(H,15,16)/t9-/m0/s1. The third-order valence-corrected chi connectivity index (χ3v) is 2.83. The summed E-state index contributed by atoms with van der Waals surface area (Å²) < 4.78 is 1.02. The fraction of sp³-hybridized carbons (Fsp3) is 0.417. The van der Waals surface area contributed by atoms with E-state index < -0.39 is 0 Å². The Hall–Kier alpha value is -0.870. The van der Waals surface area contributed by atoms with E-state index in [1.807, 2.05) is 31.2 Å². The maximum absolute atomic E-state index is 11.5. The van der Waals surface area contributed by atoms with Crippen LogP contribution in [0.2, 0.25) is 0 Å². The number of carbonyl (C=O) groups is 1. The molecule has 0 aliphatic heterocycles. The molecule has 0 aromatic heterocycles. The largest absolute Gasteiger partial charge is 0.350 e. The van der Waals surface area contributed by atoms with E-state index in [1.54, 1.807) is 0 Å². The summed E-state index contributed by atoms with van der Waals surface area (Å²) in [6.07, 6.45) is 1.23. The van der Waals surface area contributed by atoms with Crippen molar-refractivity contribution in [1.82, 2.24) is 5.32 Å². The zero-order chi connectivity index (χ0) is 12.0. The molecule has 0 radical (unpaired) electrons. The van der Waals surface area contributed by atoms with Gasteiger partial charge >= 0.3 is 0 Å². The van der Waals surface area contributed by atoms with E-state index in [4.69, 9.17) is 5.73 Å². The van der Waals surface area contributed by atoms with E-state index in [9.17, 15) is 4.79 Å². The van der Waals surface area contributed by atoms with Crippen LogP contribution in [0.25, 0.3) is 0 Å². The van der Waals surface area contributed by atoms with Crippen molar-refractivity contribution in [2.75, 3.05) is 6.54 Å². The topological polar surface area (TPSA) is 55.1 Å². The Labute approximate surface area is 105 Å². The van der Waals surface area contributed by atoms with Crippen molar-refractivity contribution in [3.8, 4) is 0 Å². The van der Waals surface area contributed by atoms with Crippen LogP contribution in [0.4, 0.5) is 0 Å². The Bertz CT molecular complexity index is 355. The van der Waals surface area contributed by atoms with Crippen LogP contribution in [0.1, 0.15) is 31.4 Å². The molecule has 0 unspecified atom stereocenters. The quantitative estimate of drug-likeness (QED) is 0.872. The molecule has 1 aromatic carbocycles. The minimum absolute atomic E-state index is 0.0303. The predicted molar refractivity (Wildman–Crippen MR) is 69.0 cm³/mol. The molecule has 1 amide bonds. The van der Waals surface area contributed by atoms with E-state index in [1.165, 1.54) is 0 Å². The molecular weight excluding hydrogens is 268 g/mol. The van der Waals surface area contributed by atoms with Gasteiger partial charge in [0, 0.05) is 10.9 Å². The molecule has 1 atom stereocenters. The SMILES string of the molecule is C[C@H](NC(=O)CCCN)c1cccc(Br)c1. The summed E-state index contributed by atoms with van der Waals surface area (Å²) >= 11 is 3.41. The predicted octanol–water partition coefficient (Wildman–Crippen LogP) is 2.37. The molecule has 0 aliphatic rings. The van der Waals surface area contributed by atoms with Gasteiger partial charge in [-0.3, -0.25) is 4.79 Å². The first-order chi connectivity index (χ1) is 7.63. The second-order valence-electron chi connectivity index (χ2n) is 3.74. The number of nitrogens with one attached hydrogen (secondary N) is 1. The molecule has 88 valence electrons. The van der Waals surface area contributed by atoms with Gasteiger partial charge in [-0.05, 0) is 37.6 Å². The van der Waals surface area contributed by atoms with E-state index in [2.05, 4.69) is 21.2 Å². The zero-order valence-electron chi connectivity index (χ0n) is 9.37. The van der Waals surface area contributed by atoms with Crippen LogP contribution in [0.3, 0.4) is 0 Å². The lowest BCUT2D eigenvalue weighted by Crippen LogP contribution is -2.26. The third kappa shape index (κ3) is 4.33. The first-order valence-electron chi connectivity index (χ1n) is 5.38. The van der Waals surface area contributed by atoms with Gasteiger partial charge in [-0.25, -0.2) is 0 Å². The molecule has 4 heteroatoms. The van der Waals surface area contributed by atoms with Crippen LogP contribution in [0, 0.1) is 0 Å². The van der Waals surface area contributed by atoms with Crippen molar-refractivity contribution in [2.24, 2.45) is 5.73 Å². The van der Waals surface area contributed by atoms with Crippen molar-refractivity contribution in [1.29, 1.82) is 0 Å². The Morgan fingerprint density at radius 1 is 1.56 bits per heavy atom. The number of rotatable bonds is 5. The van der Waals surface area contributed by atoms with Gasteiger partial charge in [0.15, 0.2) is 0 Å². The highest BCUT2D eigenvalue weighted by molar-refractivity contribution is 9.10. The van der Waals surface area contributed by atoms with Crippen LogP contribution >= 0.6 is 15.9 Å². The zero-order valence-corrected chi connectivity index (χ0v) is 11.0. The van der Waals surface area contributed by atoms with Crippen molar-refractivity contribution in [3.05, 3.63) is 34.3 Å². The smallest absolute Gasteiger partial charge is 0.220 e. The number of amides is 1. The van der Waals surface area contributed by atoms with Gasteiger partial charge in [0.05, 0.1) is 6.04 Å². The Balaban J connectivity index is 2.52. The van der Waals surface area contributed by atoms with Crippen LogP contribution in [-0.2, 0) is 4.79 Å². The highest BCUT2D eigenvalue weighted by Gasteiger charge is 2.08. The van der Waals surface area contributed by atoms with Crippen LogP contribution < -0.4 is 11.1 Å². The first-order valence-corrected chi connectivity index (χ1v) is 6.17. The van der Waals surface area contributed by atoms with Gasteiger partial charge in [0.2, 0.25) is 5.91 Å². The van der Waals surface area contributed by atoms with E-state index >= 15 is 0 Å². The van der Waals surface area contributed by atoms with Crippen molar-refractivity contribution >= 4 is 21.8 Å². The summed E-state index contributed by atoms with van der Waals surface area (Å²) in [5.74, 6) is 0.0536. The fourth-order valence-corrected chi connectivity index (χ4v) is 1.85. The molecule has 0 heterocycles. The summed E-state index contributed by atoms with van der Waals surface area (Å²) in [5.41, 5.74) is 6.45. The number of hydrogen-bond donors (Lipinski definition) is 2. The number of hydrogen-bond acceptors (Lipinski definition) is 2. The molecule has 1 rings (SSSR count). The van der Waals surface area contributed by atoms with Gasteiger partial charge in [-0.1, -0.05) is 28.1 Å². The first kappa shape index (κ1) is 13.2. The Morgan fingerprint density at radius 3 is 2.94 bits per heavy atom. The molecule has 0 aliphatic carbocycles. The van der Waals surface area contributed by atoms with Crippen LogP contribution in [-0.4, -0.2) is 12.5 Å². The van der Waals surface area contributed by atoms with Crippen molar-refractivity contribution < 1.29 is 4.79 Å². The Morgan fingerprint density at radius 2 is 2.31 bits per heavy atom. The van der Waals surface area contributed by atoms with Crippen molar-refractivity contribution in [2.45, 2.75) is 25.8 Å². The van der Waals surface area contributed by atoms with Crippen molar-refractivity contribution in [3.63, 3.8) is 0 Å². The highest BCUT2D eigenvalue weighted by atomic mass is 79.9. The summed E-state index contributed by atoms with van der Waals surface area (Å²) in [6.45, 7) is 2.53. The molecular formula is C12H17BrN2O. The van der Waals surface area contributed by atoms with Gasteiger partial charge in [-0.15, -0.1) is 0 Å². The lowest BCUT2D eigenvalue weighted by Gasteiger charge is -2.14. The fourth-order valence-electron chi connectivity index (χ4n) is 1.44. The van der Waals surface area contributed by atoms with E-state index in [0.717, 1.165) is 16.5 Å². The lowest BCUT2D eigenvalue weighted by molar-refractivity contribution is -0.121. The van der Waals surface area contributed by atoms with Gasteiger partial charge in [-0.2, -0.15) is 0 Å². The minimum atomic E-state index is 0.0303. The molecule has 16 heavy (non-hydrogen) atoms. The van der Waals surface area contributed by atoms with E-state index in [-0.39, 0.29) is 11.9 Å². The van der Waals surface area contributed by atoms with Gasteiger partial charge < -0.3 is 11.1 Å². The summed E-state index contributed by atoms with van der Waals surface area (Å²) in [5, 5.41) is 2.94. The molecule has 0 fully saturated rings. The molecule has 1 aromatic rings. The number of carbonyl (C=O) groups excluding carboxylic acids is 1. The summed E-state index contributed by atoms with van der Waals surface area (Å²) in [6, 6.07) is 7.96. The summed E-state index contributed by atoms with van der Waals surface area (Å²) in [4.78, 5) is 11.5. The molecule has 0 bridgehead atoms. The molecule has 0 saturated heterocycles. The lowest BCUT2D eigenvalue weighted by atomic mass is 10.1. The maximum Gasteiger partial charge on any atom is 0.220 e. The molecule has 0 saturated carbocycles. The minimum Gasteiger partial charge on any atom is -0.350 e. The summed E-state index contributed by atoms with van der Waals surface area (Å²) in [7, 11) is 0. The average Bonchev–Trinajstić information content (AvgIpc) is 2.26. The second kappa shape index (κ2) is 6.66. The highest BCUT2D eigenvalue weighted by Crippen LogP contribution is 2.17. The molecule has 3 N–H and O–H groups in total.